The number of fused-ring (bicyclic) bond motifs is 1. The molecule has 0 aliphatic carbocycles. The second kappa shape index (κ2) is 5.95. The smallest absolute Gasteiger partial charge is 0.210 e. The Hall–Kier alpha value is -1.10. The van der Waals surface area contributed by atoms with Crippen molar-refractivity contribution in [3.05, 3.63) is 45.6 Å². The molecule has 1 aromatic carbocycles. The van der Waals surface area contributed by atoms with E-state index in [0.717, 1.165) is 21.7 Å². The summed E-state index contributed by atoms with van der Waals surface area (Å²) in [6, 6.07) is 8.64. The monoisotopic (exact) mass is 334 g/mol. The van der Waals surface area contributed by atoms with Crippen LogP contribution >= 0.6 is 34.7 Å². The molecule has 21 heavy (non-hydrogen) atoms. The lowest BCUT2D eigenvalue weighted by Gasteiger charge is -2.07. The van der Waals surface area contributed by atoms with Crippen LogP contribution < -0.4 is 0 Å². The number of aromatic nitrogens is 2. The Balaban J connectivity index is 2.11. The Morgan fingerprint density at radius 1 is 1.19 bits per heavy atom. The van der Waals surface area contributed by atoms with E-state index >= 15 is 0 Å². The Labute approximate surface area is 137 Å². The highest BCUT2D eigenvalue weighted by atomic mass is 35.5. The van der Waals surface area contributed by atoms with Gasteiger partial charge in [-0.25, -0.2) is 9.97 Å². The topological polar surface area (TPSA) is 25.8 Å². The number of hydrogen-bond donors (Lipinski definition) is 0. The highest BCUT2D eigenvalue weighted by Gasteiger charge is 2.13. The van der Waals surface area contributed by atoms with Crippen molar-refractivity contribution in [2.45, 2.75) is 37.1 Å². The molecule has 3 aromatic rings. The molecule has 0 aliphatic heterocycles. The van der Waals surface area contributed by atoms with E-state index < -0.39 is 0 Å². The van der Waals surface area contributed by atoms with E-state index in [0.29, 0.717) is 5.28 Å². The zero-order chi connectivity index (χ0) is 15.0. The van der Waals surface area contributed by atoms with Gasteiger partial charge in [-0.1, -0.05) is 30.8 Å². The third-order valence-corrected chi connectivity index (χ3v) is 5.79. The van der Waals surface area contributed by atoms with Gasteiger partial charge in [-0.3, -0.25) is 0 Å². The van der Waals surface area contributed by atoms with Crippen molar-refractivity contribution in [1.82, 2.24) is 9.97 Å². The molecule has 0 bridgehead atoms. The summed E-state index contributed by atoms with van der Waals surface area (Å²) in [5.41, 5.74) is 2.50. The molecule has 0 aliphatic rings. The van der Waals surface area contributed by atoms with Crippen LogP contribution in [0.3, 0.4) is 0 Å². The Morgan fingerprint density at radius 2 is 2.00 bits per heavy atom. The minimum absolute atomic E-state index is 0.319. The molecule has 0 amide bonds. The fourth-order valence-corrected chi connectivity index (χ4v) is 4.47. The van der Waals surface area contributed by atoms with Gasteiger partial charge in [-0.15, -0.1) is 11.3 Å². The molecule has 0 atom stereocenters. The number of nitrogens with zero attached hydrogens (tertiary/aromatic N) is 2. The fraction of sp³-hybridized carbons (Fsp3) is 0.250. The normalized spacial score (nSPS) is 11.2. The lowest BCUT2D eigenvalue weighted by Crippen LogP contribution is -1.88. The van der Waals surface area contributed by atoms with E-state index in [-0.39, 0.29) is 0 Å². The average Bonchev–Trinajstić information content (AvgIpc) is 2.86. The third kappa shape index (κ3) is 3.07. The second-order valence-corrected chi connectivity index (χ2v) is 7.44. The Bertz CT molecular complexity index is 811. The molecule has 2 aromatic heterocycles. The van der Waals surface area contributed by atoms with Gasteiger partial charge >= 0.3 is 0 Å². The first-order valence-electron chi connectivity index (χ1n) is 6.78. The van der Waals surface area contributed by atoms with Crippen molar-refractivity contribution in [2.75, 3.05) is 0 Å². The van der Waals surface area contributed by atoms with Crippen LogP contribution in [0.2, 0.25) is 5.28 Å². The predicted molar refractivity (Wildman–Crippen MR) is 91.8 cm³/mol. The molecule has 0 fully saturated rings. The number of thiophene rings is 1. The number of hydrogen-bond acceptors (Lipinski definition) is 4. The highest BCUT2D eigenvalue weighted by Crippen LogP contribution is 2.37. The van der Waals surface area contributed by atoms with E-state index in [2.05, 4.69) is 55.0 Å². The summed E-state index contributed by atoms with van der Waals surface area (Å²) < 4.78 is 0. The third-order valence-electron chi connectivity index (χ3n) is 3.28. The van der Waals surface area contributed by atoms with Gasteiger partial charge in [0.05, 0.1) is 0 Å². The van der Waals surface area contributed by atoms with E-state index in [1.165, 1.54) is 20.9 Å². The number of aryl methyl sites for hydroxylation is 3. The molecule has 3 rings (SSSR count). The SMILES string of the molecule is CCc1cc2c(Sc3cc(C)ccc3C)nc(Cl)nc2s1. The van der Waals surface area contributed by atoms with Gasteiger partial charge in [0.15, 0.2) is 0 Å². The van der Waals surface area contributed by atoms with Crippen LogP contribution in [-0.4, -0.2) is 9.97 Å². The van der Waals surface area contributed by atoms with Gasteiger partial charge in [0.1, 0.15) is 9.86 Å². The maximum atomic E-state index is 6.08. The zero-order valence-corrected chi connectivity index (χ0v) is 14.5. The molecule has 0 unspecified atom stereocenters. The largest absolute Gasteiger partial charge is 0.224 e. The first-order valence-corrected chi connectivity index (χ1v) is 8.79. The van der Waals surface area contributed by atoms with Crippen molar-refractivity contribution in [1.29, 1.82) is 0 Å². The zero-order valence-electron chi connectivity index (χ0n) is 12.1. The van der Waals surface area contributed by atoms with Crippen molar-refractivity contribution in [3.63, 3.8) is 0 Å². The molecule has 0 spiro atoms. The van der Waals surface area contributed by atoms with Crippen LogP contribution in [0.25, 0.3) is 10.2 Å². The van der Waals surface area contributed by atoms with Gasteiger partial charge in [0.2, 0.25) is 5.28 Å². The first kappa shape index (κ1) is 14.8. The summed E-state index contributed by atoms with van der Waals surface area (Å²) in [6.07, 6.45) is 1.01. The summed E-state index contributed by atoms with van der Waals surface area (Å²) in [6.45, 7) is 6.37. The van der Waals surface area contributed by atoms with Gasteiger partial charge in [-0.05, 0) is 55.1 Å². The van der Waals surface area contributed by atoms with Gasteiger partial charge in [-0.2, -0.15) is 0 Å². The van der Waals surface area contributed by atoms with Crippen molar-refractivity contribution < 1.29 is 0 Å². The molecular formula is C16H15ClN2S2. The summed E-state index contributed by atoms with van der Waals surface area (Å²) in [5, 5.41) is 2.36. The Morgan fingerprint density at radius 3 is 2.76 bits per heavy atom. The minimum Gasteiger partial charge on any atom is -0.210 e. The standard InChI is InChI=1S/C16H15ClN2S2/c1-4-11-8-12-14(20-11)18-16(17)19-15(12)21-13-7-9(2)5-6-10(13)3/h5-8H,4H2,1-3H3. The molecule has 0 N–H and O–H groups in total. The molecule has 0 saturated carbocycles. The quantitative estimate of drug-likeness (QED) is 0.455. The fourth-order valence-electron chi connectivity index (χ4n) is 2.09. The van der Waals surface area contributed by atoms with Gasteiger partial charge < -0.3 is 0 Å². The summed E-state index contributed by atoms with van der Waals surface area (Å²) in [4.78, 5) is 12.3. The van der Waals surface area contributed by atoms with E-state index in [1.807, 2.05) is 0 Å². The Kier molecular flexibility index (Phi) is 4.20. The lowest BCUT2D eigenvalue weighted by molar-refractivity contribution is 1.10. The molecule has 0 radical (unpaired) electrons. The van der Waals surface area contributed by atoms with Crippen LogP contribution in [0.1, 0.15) is 22.9 Å². The van der Waals surface area contributed by atoms with Crippen molar-refractivity contribution in [2.24, 2.45) is 0 Å². The van der Waals surface area contributed by atoms with Gasteiger partial charge in [0.25, 0.3) is 0 Å². The van der Waals surface area contributed by atoms with E-state index in [4.69, 9.17) is 11.6 Å². The summed E-state index contributed by atoms with van der Waals surface area (Å²) >= 11 is 9.45. The van der Waals surface area contributed by atoms with Crippen LogP contribution in [0, 0.1) is 13.8 Å². The molecule has 0 saturated heterocycles. The highest BCUT2D eigenvalue weighted by molar-refractivity contribution is 7.99. The van der Waals surface area contributed by atoms with Crippen molar-refractivity contribution in [3.8, 4) is 0 Å². The minimum atomic E-state index is 0.319. The average molecular weight is 335 g/mol. The molecule has 2 nitrogen and oxygen atoms in total. The summed E-state index contributed by atoms with van der Waals surface area (Å²) in [7, 11) is 0. The molecule has 5 heteroatoms. The second-order valence-electron chi connectivity index (χ2n) is 4.95. The van der Waals surface area contributed by atoms with Crippen molar-refractivity contribution >= 4 is 44.9 Å². The first-order chi connectivity index (χ1) is 10.1. The van der Waals surface area contributed by atoms with E-state index in [9.17, 15) is 0 Å². The number of benzene rings is 1. The lowest BCUT2D eigenvalue weighted by atomic mass is 10.2. The van der Waals surface area contributed by atoms with Crippen LogP contribution in [0.5, 0.6) is 0 Å². The van der Waals surface area contributed by atoms with Crippen LogP contribution in [0.15, 0.2) is 34.2 Å². The van der Waals surface area contributed by atoms with E-state index in [1.54, 1.807) is 23.1 Å². The molecule has 108 valence electrons. The number of halogens is 1. The maximum Gasteiger partial charge on any atom is 0.224 e. The number of rotatable bonds is 3. The van der Waals surface area contributed by atoms with Crippen LogP contribution in [-0.2, 0) is 6.42 Å². The summed E-state index contributed by atoms with van der Waals surface area (Å²) in [5.74, 6) is 0. The molecular weight excluding hydrogens is 320 g/mol. The van der Waals surface area contributed by atoms with Crippen LogP contribution in [0.4, 0.5) is 0 Å². The molecule has 2 heterocycles. The van der Waals surface area contributed by atoms with Gasteiger partial charge in [0, 0.05) is 15.2 Å². The maximum absolute atomic E-state index is 6.08. The predicted octanol–water partition coefficient (Wildman–Crippen LogP) is 5.68.